The Morgan fingerprint density at radius 2 is 2.59 bits per heavy atom. The van der Waals surface area contributed by atoms with Crippen molar-refractivity contribution in [2.75, 3.05) is 25.0 Å². The lowest BCUT2D eigenvalue weighted by Gasteiger charge is -2.31. The van der Waals surface area contributed by atoms with Gasteiger partial charge in [0, 0.05) is 18.1 Å². The molecule has 1 aliphatic rings. The van der Waals surface area contributed by atoms with Gasteiger partial charge in [-0.2, -0.15) is 0 Å². The molecule has 1 saturated heterocycles. The number of hydrogen-bond acceptors (Lipinski definition) is 4. The molecule has 1 aromatic heterocycles. The Kier molecular flexibility index (Phi) is 4.50. The van der Waals surface area contributed by atoms with Crippen molar-refractivity contribution in [2.24, 2.45) is 5.92 Å². The summed E-state index contributed by atoms with van der Waals surface area (Å²) in [5.74, 6) is 0.813. The second-order valence-electron chi connectivity index (χ2n) is 4.54. The topological polar surface area (TPSA) is 45.2 Å². The molecule has 1 aliphatic heterocycles. The maximum absolute atomic E-state index is 11.8. The highest BCUT2D eigenvalue weighted by molar-refractivity contribution is 7.13. The molecule has 1 fully saturated rings. The van der Waals surface area contributed by atoms with E-state index in [0.717, 1.165) is 19.0 Å². The molecule has 0 aliphatic carbocycles. The first kappa shape index (κ1) is 12.5. The molecular formula is C12H19N3OS. The standard InChI is InChI=1S/C12H19N3OS/c1-2-10-4-3-6-15(8-10)9-11(16)14-12-13-5-7-17-12/h5,7,10H,2-4,6,8-9H2,1H3,(H,13,14,16)/t10-/m0/s1. The average Bonchev–Trinajstić information content (AvgIpc) is 2.82. The number of amides is 1. The smallest absolute Gasteiger partial charge is 0.240 e. The monoisotopic (exact) mass is 253 g/mol. The summed E-state index contributed by atoms with van der Waals surface area (Å²) in [6, 6.07) is 0. The van der Waals surface area contributed by atoms with E-state index in [1.807, 2.05) is 5.38 Å². The highest BCUT2D eigenvalue weighted by Gasteiger charge is 2.20. The van der Waals surface area contributed by atoms with Crippen molar-refractivity contribution in [3.63, 3.8) is 0 Å². The summed E-state index contributed by atoms with van der Waals surface area (Å²) < 4.78 is 0. The number of anilines is 1. The number of nitrogens with zero attached hydrogens (tertiary/aromatic N) is 2. The van der Waals surface area contributed by atoms with Crippen LogP contribution in [0.2, 0.25) is 0 Å². The van der Waals surface area contributed by atoms with Crippen molar-refractivity contribution in [3.8, 4) is 0 Å². The SMILES string of the molecule is CC[C@H]1CCCN(CC(=O)Nc2nccs2)C1. The second kappa shape index (κ2) is 6.12. The number of carbonyl (C=O) groups is 1. The number of carbonyl (C=O) groups excluding carboxylic acids is 1. The van der Waals surface area contributed by atoms with Gasteiger partial charge < -0.3 is 5.32 Å². The van der Waals surface area contributed by atoms with Gasteiger partial charge in [0.2, 0.25) is 5.91 Å². The molecule has 17 heavy (non-hydrogen) atoms. The summed E-state index contributed by atoms with van der Waals surface area (Å²) in [5, 5.41) is 5.39. The van der Waals surface area contributed by atoms with Gasteiger partial charge in [-0.1, -0.05) is 13.3 Å². The van der Waals surface area contributed by atoms with E-state index in [0.29, 0.717) is 11.7 Å². The van der Waals surface area contributed by atoms with Crippen LogP contribution in [0.3, 0.4) is 0 Å². The van der Waals surface area contributed by atoms with Gasteiger partial charge in [0.25, 0.3) is 0 Å². The summed E-state index contributed by atoms with van der Waals surface area (Å²) in [7, 11) is 0. The fourth-order valence-corrected chi connectivity index (χ4v) is 2.82. The maximum atomic E-state index is 11.8. The lowest BCUT2D eigenvalue weighted by molar-refractivity contribution is -0.117. The molecule has 0 unspecified atom stereocenters. The molecule has 0 bridgehead atoms. The minimum absolute atomic E-state index is 0.0525. The Hall–Kier alpha value is -0.940. The Morgan fingerprint density at radius 1 is 1.71 bits per heavy atom. The largest absolute Gasteiger partial charge is 0.301 e. The number of likely N-dealkylation sites (tertiary alicyclic amines) is 1. The third-order valence-electron chi connectivity index (χ3n) is 3.23. The number of rotatable bonds is 4. The Balaban J connectivity index is 1.78. The number of nitrogens with one attached hydrogen (secondary N) is 1. The molecule has 5 heteroatoms. The van der Waals surface area contributed by atoms with Crippen LogP contribution in [-0.4, -0.2) is 35.4 Å². The van der Waals surface area contributed by atoms with E-state index in [9.17, 15) is 4.79 Å². The van der Waals surface area contributed by atoms with Crippen LogP contribution >= 0.6 is 11.3 Å². The van der Waals surface area contributed by atoms with Gasteiger partial charge in [0.05, 0.1) is 6.54 Å². The predicted molar refractivity (Wildman–Crippen MR) is 70.2 cm³/mol. The molecular weight excluding hydrogens is 234 g/mol. The van der Waals surface area contributed by atoms with Crippen molar-refractivity contribution in [1.29, 1.82) is 0 Å². The summed E-state index contributed by atoms with van der Waals surface area (Å²) in [6.07, 6.45) is 5.43. The Morgan fingerprint density at radius 3 is 3.29 bits per heavy atom. The van der Waals surface area contributed by atoms with Crippen LogP contribution in [0.5, 0.6) is 0 Å². The second-order valence-corrected chi connectivity index (χ2v) is 5.43. The Labute approximate surface area is 106 Å². The lowest BCUT2D eigenvalue weighted by atomic mass is 9.96. The van der Waals surface area contributed by atoms with E-state index in [2.05, 4.69) is 22.1 Å². The summed E-state index contributed by atoms with van der Waals surface area (Å²) in [4.78, 5) is 18.1. The molecule has 0 radical (unpaired) electrons. The molecule has 0 aromatic carbocycles. The molecule has 2 heterocycles. The van der Waals surface area contributed by atoms with Crippen LogP contribution in [0.1, 0.15) is 26.2 Å². The van der Waals surface area contributed by atoms with E-state index < -0.39 is 0 Å². The van der Waals surface area contributed by atoms with Crippen LogP contribution in [0.15, 0.2) is 11.6 Å². The van der Waals surface area contributed by atoms with E-state index in [1.165, 1.54) is 30.6 Å². The molecule has 1 atom stereocenters. The van der Waals surface area contributed by atoms with Crippen LogP contribution in [-0.2, 0) is 4.79 Å². The van der Waals surface area contributed by atoms with Crippen LogP contribution in [0.25, 0.3) is 0 Å². The molecule has 0 saturated carbocycles. The van der Waals surface area contributed by atoms with Gasteiger partial charge in [0.1, 0.15) is 0 Å². The van der Waals surface area contributed by atoms with Gasteiger partial charge >= 0.3 is 0 Å². The fourth-order valence-electron chi connectivity index (χ4n) is 2.28. The maximum Gasteiger partial charge on any atom is 0.240 e. The van der Waals surface area contributed by atoms with E-state index in [-0.39, 0.29) is 5.91 Å². The first-order valence-corrected chi connectivity index (χ1v) is 7.07. The number of aromatic nitrogens is 1. The number of piperidine rings is 1. The van der Waals surface area contributed by atoms with Gasteiger partial charge in [-0.15, -0.1) is 11.3 Å². The first-order valence-electron chi connectivity index (χ1n) is 6.19. The molecule has 2 rings (SSSR count). The van der Waals surface area contributed by atoms with Crippen LogP contribution in [0.4, 0.5) is 5.13 Å². The van der Waals surface area contributed by atoms with E-state index >= 15 is 0 Å². The van der Waals surface area contributed by atoms with Gasteiger partial charge in [-0.05, 0) is 25.3 Å². The predicted octanol–water partition coefficient (Wildman–Crippen LogP) is 2.20. The molecule has 94 valence electrons. The average molecular weight is 253 g/mol. The normalized spacial score (nSPS) is 21.4. The summed E-state index contributed by atoms with van der Waals surface area (Å²) in [5.41, 5.74) is 0. The van der Waals surface area contributed by atoms with Crippen molar-refractivity contribution in [1.82, 2.24) is 9.88 Å². The molecule has 1 aromatic rings. The number of hydrogen-bond donors (Lipinski definition) is 1. The van der Waals surface area contributed by atoms with Crippen molar-refractivity contribution in [2.45, 2.75) is 26.2 Å². The fraction of sp³-hybridized carbons (Fsp3) is 0.667. The van der Waals surface area contributed by atoms with Gasteiger partial charge in [-0.3, -0.25) is 9.69 Å². The quantitative estimate of drug-likeness (QED) is 0.894. The van der Waals surface area contributed by atoms with E-state index in [4.69, 9.17) is 0 Å². The highest BCUT2D eigenvalue weighted by Crippen LogP contribution is 2.19. The van der Waals surface area contributed by atoms with Gasteiger partial charge in [0.15, 0.2) is 5.13 Å². The Bertz CT molecular complexity index is 353. The first-order chi connectivity index (χ1) is 8.28. The zero-order valence-electron chi connectivity index (χ0n) is 10.2. The van der Waals surface area contributed by atoms with Gasteiger partial charge in [-0.25, -0.2) is 4.98 Å². The zero-order valence-corrected chi connectivity index (χ0v) is 11.0. The van der Waals surface area contributed by atoms with Crippen molar-refractivity contribution < 1.29 is 4.79 Å². The summed E-state index contributed by atoms with van der Waals surface area (Å²) in [6.45, 7) is 4.82. The highest BCUT2D eigenvalue weighted by atomic mass is 32.1. The third kappa shape index (κ3) is 3.78. The van der Waals surface area contributed by atoms with Crippen molar-refractivity contribution >= 4 is 22.4 Å². The van der Waals surface area contributed by atoms with E-state index in [1.54, 1.807) is 6.20 Å². The molecule has 0 spiro atoms. The number of thiazole rings is 1. The minimum Gasteiger partial charge on any atom is -0.301 e. The molecule has 4 nitrogen and oxygen atoms in total. The zero-order chi connectivity index (χ0) is 12.1. The van der Waals surface area contributed by atoms with Crippen molar-refractivity contribution in [3.05, 3.63) is 11.6 Å². The van der Waals surface area contributed by atoms with Crippen LogP contribution in [0, 0.1) is 5.92 Å². The lowest BCUT2D eigenvalue weighted by Crippen LogP contribution is -2.40. The minimum atomic E-state index is 0.0525. The van der Waals surface area contributed by atoms with Crippen LogP contribution < -0.4 is 5.32 Å². The molecule has 1 N–H and O–H groups in total. The third-order valence-corrected chi connectivity index (χ3v) is 3.91. The molecule has 1 amide bonds. The summed E-state index contributed by atoms with van der Waals surface area (Å²) >= 11 is 1.46.